The van der Waals surface area contributed by atoms with Crippen molar-refractivity contribution in [2.75, 3.05) is 0 Å². The van der Waals surface area contributed by atoms with Crippen LogP contribution in [0.2, 0.25) is 0 Å². The SMILES string of the molecule is Cc1nc(CNC(=O)CC(C)(O)c2ccccc2)c(C)s1. The molecule has 0 aliphatic heterocycles. The third-order valence-corrected chi connectivity index (χ3v) is 4.28. The van der Waals surface area contributed by atoms with Gasteiger partial charge < -0.3 is 10.4 Å². The normalized spacial score (nSPS) is 13.7. The van der Waals surface area contributed by atoms with Gasteiger partial charge in [-0.1, -0.05) is 30.3 Å². The third kappa shape index (κ3) is 4.12. The second kappa shape index (κ2) is 6.37. The minimum Gasteiger partial charge on any atom is -0.385 e. The summed E-state index contributed by atoms with van der Waals surface area (Å²) in [6, 6.07) is 9.22. The summed E-state index contributed by atoms with van der Waals surface area (Å²) in [7, 11) is 0. The van der Waals surface area contributed by atoms with Crippen LogP contribution in [0.5, 0.6) is 0 Å². The molecule has 2 rings (SSSR count). The van der Waals surface area contributed by atoms with Crippen LogP contribution in [0.25, 0.3) is 0 Å². The number of amides is 1. The summed E-state index contributed by atoms with van der Waals surface area (Å²) in [5, 5.41) is 14.3. The highest BCUT2D eigenvalue weighted by Crippen LogP contribution is 2.24. The molecule has 1 amide bonds. The first kappa shape index (κ1) is 15.7. The summed E-state index contributed by atoms with van der Waals surface area (Å²) in [4.78, 5) is 17.5. The number of carbonyl (C=O) groups excluding carboxylic acids is 1. The fraction of sp³-hybridized carbons (Fsp3) is 0.375. The summed E-state index contributed by atoms with van der Waals surface area (Å²) in [6.45, 7) is 6.00. The van der Waals surface area contributed by atoms with E-state index in [4.69, 9.17) is 0 Å². The van der Waals surface area contributed by atoms with Crippen molar-refractivity contribution in [2.45, 2.75) is 39.3 Å². The van der Waals surface area contributed by atoms with Crippen LogP contribution in [0.15, 0.2) is 30.3 Å². The summed E-state index contributed by atoms with van der Waals surface area (Å²) >= 11 is 1.62. The maximum atomic E-state index is 12.0. The molecule has 2 N–H and O–H groups in total. The quantitative estimate of drug-likeness (QED) is 0.892. The van der Waals surface area contributed by atoms with Crippen molar-refractivity contribution in [2.24, 2.45) is 0 Å². The van der Waals surface area contributed by atoms with E-state index < -0.39 is 5.60 Å². The van der Waals surface area contributed by atoms with E-state index in [-0.39, 0.29) is 12.3 Å². The van der Waals surface area contributed by atoms with Crippen molar-refractivity contribution in [3.8, 4) is 0 Å². The highest BCUT2D eigenvalue weighted by atomic mass is 32.1. The zero-order chi connectivity index (χ0) is 15.5. The Hall–Kier alpha value is -1.72. The fourth-order valence-electron chi connectivity index (χ4n) is 2.19. The van der Waals surface area contributed by atoms with Gasteiger partial charge in [0.25, 0.3) is 0 Å². The molecular weight excluding hydrogens is 284 g/mol. The molecule has 0 saturated heterocycles. The molecule has 0 radical (unpaired) electrons. The van der Waals surface area contributed by atoms with Gasteiger partial charge in [0.15, 0.2) is 0 Å². The van der Waals surface area contributed by atoms with Gasteiger partial charge >= 0.3 is 0 Å². The van der Waals surface area contributed by atoms with Gasteiger partial charge in [-0.2, -0.15) is 0 Å². The average Bonchev–Trinajstić information content (AvgIpc) is 2.75. The highest BCUT2D eigenvalue weighted by molar-refractivity contribution is 7.11. The van der Waals surface area contributed by atoms with Gasteiger partial charge in [0.05, 0.1) is 29.3 Å². The van der Waals surface area contributed by atoms with E-state index in [1.807, 2.05) is 44.2 Å². The third-order valence-electron chi connectivity index (χ3n) is 3.35. The van der Waals surface area contributed by atoms with E-state index in [0.29, 0.717) is 6.54 Å². The number of thiazole rings is 1. The summed E-state index contributed by atoms with van der Waals surface area (Å²) in [6.07, 6.45) is 0.0270. The molecule has 4 nitrogen and oxygen atoms in total. The van der Waals surface area contributed by atoms with Crippen molar-refractivity contribution in [1.82, 2.24) is 10.3 Å². The molecule has 1 unspecified atom stereocenters. The Morgan fingerprint density at radius 3 is 2.57 bits per heavy atom. The van der Waals surface area contributed by atoms with E-state index in [2.05, 4.69) is 10.3 Å². The molecule has 0 fully saturated rings. The maximum Gasteiger partial charge on any atom is 0.223 e. The van der Waals surface area contributed by atoms with Gasteiger partial charge in [-0.3, -0.25) is 4.79 Å². The number of aliphatic hydroxyl groups is 1. The molecule has 0 bridgehead atoms. The van der Waals surface area contributed by atoms with Crippen LogP contribution in [0.3, 0.4) is 0 Å². The van der Waals surface area contributed by atoms with E-state index in [0.717, 1.165) is 21.1 Å². The minimum absolute atomic E-state index is 0.0270. The van der Waals surface area contributed by atoms with Crippen LogP contribution in [0.4, 0.5) is 0 Å². The van der Waals surface area contributed by atoms with Gasteiger partial charge in [-0.15, -0.1) is 11.3 Å². The highest BCUT2D eigenvalue weighted by Gasteiger charge is 2.26. The van der Waals surface area contributed by atoms with Crippen LogP contribution in [-0.4, -0.2) is 16.0 Å². The fourth-order valence-corrected chi connectivity index (χ4v) is 3.03. The van der Waals surface area contributed by atoms with E-state index >= 15 is 0 Å². The van der Waals surface area contributed by atoms with Gasteiger partial charge in [0.1, 0.15) is 0 Å². The van der Waals surface area contributed by atoms with Crippen molar-refractivity contribution < 1.29 is 9.90 Å². The van der Waals surface area contributed by atoms with Gasteiger partial charge in [-0.05, 0) is 26.3 Å². The van der Waals surface area contributed by atoms with Crippen LogP contribution in [-0.2, 0) is 16.9 Å². The van der Waals surface area contributed by atoms with Crippen molar-refractivity contribution in [3.63, 3.8) is 0 Å². The second-order valence-electron chi connectivity index (χ2n) is 5.33. The number of rotatable bonds is 5. The molecule has 0 saturated carbocycles. The molecule has 1 heterocycles. The second-order valence-corrected chi connectivity index (χ2v) is 6.74. The molecule has 1 aromatic heterocycles. The van der Waals surface area contributed by atoms with Crippen LogP contribution >= 0.6 is 11.3 Å². The molecule has 2 aromatic rings. The molecule has 21 heavy (non-hydrogen) atoms. The molecule has 0 aliphatic rings. The smallest absolute Gasteiger partial charge is 0.223 e. The molecule has 0 aliphatic carbocycles. The topological polar surface area (TPSA) is 62.2 Å². The molecular formula is C16H20N2O2S. The van der Waals surface area contributed by atoms with Crippen molar-refractivity contribution in [1.29, 1.82) is 0 Å². The first-order valence-corrected chi connectivity index (χ1v) is 7.67. The van der Waals surface area contributed by atoms with Crippen molar-refractivity contribution >= 4 is 17.2 Å². The molecule has 112 valence electrons. The minimum atomic E-state index is -1.17. The molecule has 1 aromatic carbocycles. The Morgan fingerprint density at radius 2 is 2.00 bits per heavy atom. The summed E-state index contributed by atoms with van der Waals surface area (Å²) in [5.74, 6) is -0.186. The lowest BCUT2D eigenvalue weighted by atomic mass is 9.92. The number of nitrogens with one attached hydrogen (secondary N) is 1. The number of benzene rings is 1. The molecule has 0 spiro atoms. The predicted molar refractivity (Wildman–Crippen MR) is 84.1 cm³/mol. The number of hydrogen-bond acceptors (Lipinski definition) is 4. The number of nitrogens with zero attached hydrogens (tertiary/aromatic N) is 1. The number of aryl methyl sites for hydroxylation is 2. The first-order valence-electron chi connectivity index (χ1n) is 6.86. The lowest BCUT2D eigenvalue weighted by molar-refractivity contribution is -0.126. The Balaban J connectivity index is 1.94. The van der Waals surface area contributed by atoms with Gasteiger partial charge in [0.2, 0.25) is 5.91 Å². The standard InChI is InChI=1S/C16H20N2O2S/c1-11-14(18-12(2)21-11)10-17-15(19)9-16(3,20)13-7-5-4-6-8-13/h4-8,20H,9-10H2,1-3H3,(H,17,19). The van der Waals surface area contributed by atoms with E-state index in [1.54, 1.807) is 18.3 Å². The Morgan fingerprint density at radius 1 is 1.33 bits per heavy atom. The predicted octanol–water partition coefficient (Wildman–Crippen LogP) is 2.67. The summed E-state index contributed by atoms with van der Waals surface area (Å²) in [5.41, 5.74) is 0.462. The molecule has 5 heteroatoms. The zero-order valence-electron chi connectivity index (χ0n) is 12.5. The Kier molecular flexibility index (Phi) is 4.75. The lowest BCUT2D eigenvalue weighted by Crippen LogP contribution is -2.32. The number of aromatic nitrogens is 1. The Labute approximate surface area is 128 Å². The van der Waals surface area contributed by atoms with Gasteiger partial charge in [0, 0.05) is 4.88 Å². The van der Waals surface area contributed by atoms with E-state index in [9.17, 15) is 9.90 Å². The number of hydrogen-bond donors (Lipinski definition) is 2. The maximum absolute atomic E-state index is 12.0. The molecule has 1 atom stereocenters. The largest absolute Gasteiger partial charge is 0.385 e. The van der Waals surface area contributed by atoms with E-state index in [1.165, 1.54) is 0 Å². The zero-order valence-corrected chi connectivity index (χ0v) is 13.3. The summed E-state index contributed by atoms with van der Waals surface area (Å²) < 4.78 is 0. The van der Waals surface area contributed by atoms with Crippen LogP contribution < -0.4 is 5.32 Å². The number of carbonyl (C=O) groups is 1. The van der Waals surface area contributed by atoms with Gasteiger partial charge in [-0.25, -0.2) is 4.98 Å². The average molecular weight is 304 g/mol. The van der Waals surface area contributed by atoms with Crippen molar-refractivity contribution in [3.05, 3.63) is 51.5 Å². The monoisotopic (exact) mass is 304 g/mol. The van der Waals surface area contributed by atoms with Crippen LogP contribution in [0.1, 0.15) is 34.5 Å². The lowest BCUT2D eigenvalue weighted by Gasteiger charge is -2.23. The van der Waals surface area contributed by atoms with Crippen LogP contribution in [0, 0.1) is 13.8 Å². The first-order chi connectivity index (χ1) is 9.88. The Bertz CT molecular complexity index is 620.